The van der Waals surface area contributed by atoms with Crippen LogP contribution in [-0.4, -0.2) is 125 Å². The number of likely N-dealkylation sites (tertiary alicyclic amines) is 2. The molecule has 3 fully saturated rings. The monoisotopic (exact) mass is 656 g/mol. The van der Waals surface area contributed by atoms with Crippen molar-refractivity contribution in [3.63, 3.8) is 0 Å². The maximum atomic E-state index is 14.1. The molecule has 256 valence electrons. The van der Waals surface area contributed by atoms with E-state index >= 15 is 0 Å². The van der Waals surface area contributed by atoms with Crippen LogP contribution in [0, 0.1) is 6.92 Å². The van der Waals surface area contributed by atoms with Gasteiger partial charge in [0.25, 0.3) is 5.91 Å². The molecule has 0 aliphatic carbocycles. The lowest BCUT2D eigenvalue weighted by atomic mass is 9.99. The van der Waals surface area contributed by atoms with Crippen LogP contribution < -0.4 is 10.6 Å². The summed E-state index contributed by atoms with van der Waals surface area (Å²) in [5.74, 6) is -0.125. The van der Waals surface area contributed by atoms with Gasteiger partial charge in [0.2, 0.25) is 0 Å². The Morgan fingerprint density at radius 1 is 0.938 bits per heavy atom. The number of benzene rings is 2. The second-order valence-corrected chi connectivity index (χ2v) is 13.8. The Hall–Kier alpha value is -4.16. The third-order valence-corrected chi connectivity index (χ3v) is 10.7. The number of H-pyrrole nitrogens is 1. The van der Waals surface area contributed by atoms with Crippen molar-refractivity contribution in [1.82, 2.24) is 35.1 Å². The zero-order chi connectivity index (χ0) is 33.0. The smallest absolute Gasteiger partial charge is 0.410 e. The van der Waals surface area contributed by atoms with Crippen LogP contribution in [0.1, 0.15) is 48.8 Å². The predicted molar refractivity (Wildman–Crippen MR) is 184 cm³/mol. The molecule has 5 heterocycles. The number of nitrogens with one attached hydrogen (secondary N) is 3. The van der Waals surface area contributed by atoms with Crippen molar-refractivity contribution in [3.8, 4) is 0 Å². The normalized spacial score (nSPS) is 20.9. The maximum Gasteiger partial charge on any atom is 0.410 e. The molecule has 1 atom stereocenters. The first-order chi connectivity index (χ1) is 23.4. The van der Waals surface area contributed by atoms with E-state index in [4.69, 9.17) is 4.74 Å². The molecule has 4 aliphatic rings. The van der Waals surface area contributed by atoms with Crippen molar-refractivity contribution in [1.29, 1.82) is 0 Å². The lowest BCUT2D eigenvalue weighted by molar-refractivity contribution is -0.142. The van der Waals surface area contributed by atoms with Gasteiger partial charge < -0.3 is 30.1 Å². The number of nitrogens with zero attached hydrogens (tertiary/aromatic N) is 5. The van der Waals surface area contributed by atoms with Gasteiger partial charge in [0.05, 0.1) is 11.7 Å². The van der Waals surface area contributed by atoms with E-state index in [0.717, 1.165) is 85.1 Å². The third kappa shape index (κ3) is 7.14. The number of hydrogen-bond donors (Lipinski definition) is 3. The Morgan fingerprint density at radius 2 is 1.71 bits per heavy atom. The molecule has 0 spiro atoms. The van der Waals surface area contributed by atoms with Gasteiger partial charge in [-0.25, -0.2) is 9.59 Å². The number of fused-ring (bicyclic) bond motifs is 2. The van der Waals surface area contributed by atoms with Crippen molar-refractivity contribution < 1.29 is 19.1 Å². The van der Waals surface area contributed by atoms with E-state index in [-0.39, 0.29) is 18.0 Å². The van der Waals surface area contributed by atoms with E-state index in [1.165, 1.54) is 0 Å². The number of carbonyl (C=O) groups is 3. The summed E-state index contributed by atoms with van der Waals surface area (Å²) < 4.78 is 6.13. The number of piperidine rings is 2. The Balaban J connectivity index is 0.999. The largest absolute Gasteiger partial charge is 0.436 e. The molecule has 0 radical (unpaired) electrons. The van der Waals surface area contributed by atoms with Gasteiger partial charge in [-0.3, -0.25) is 14.8 Å². The van der Waals surface area contributed by atoms with Crippen LogP contribution in [0.25, 0.3) is 10.9 Å². The number of para-hydroxylation sites is 1. The Bertz CT molecular complexity index is 1600. The summed E-state index contributed by atoms with van der Waals surface area (Å²) in [5.41, 5.74) is 4.94. The molecule has 3 saturated heterocycles. The molecular formula is C36H48N8O4. The van der Waals surface area contributed by atoms with E-state index in [9.17, 15) is 14.4 Å². The van der Waals surface area contributed by atoms with Gasteiger partial charge in [0, 0.05) is 75.4 Å². The highest BCUT2D eigenvalue weighted by Crippen LogP contribution is 2.26. The van der Waals surface area contributed by atoms with E-state index < -0.39 is 12.2 Å². The highest BCUT2D eigenvalue weighted by atomic mass is 16.6. The van der Waals surface area contributed by atoms with Gasteiger partial charge in [-0.05, 0) is 87.4 Å². The molecule has 7 rings (SSSR count). The summed E-state index contributed by atoms with van der Waals surface area (Å²) in [6.45, 7) is 9.12. The first kappa shape index (κ1) is 32.4. The summed E-state index contributed by atoms with van der Waals surface area (Å²) in [5, 5.41) is 14.7. The zero-order valence-electron chi connectivity index (χ0n) is 28.0. The van der Waals surface area contributed by atoms with E-state index in [1.807, 2.05) is 47.1 Å². The summed E-state index contributed by atoms with van der Waals surface area (Å²) in [6.07, 6.45) is 5.80. The molecule has 2 aromatic carbocycles. The quantitative estimate of drug-likeness (QED) is 0.369. The Kier molecular flexibility index (Phi) is 9.81. The molecule has 3 N–H and O–H groups in total. The van der Waals surface area contributed by atoms with Gasteiger partial charge in [-0.15, -0.1) is 0 Å². The molecule has 0 unspecified atom stereocenters. The van der Waals surface area contributed by atoms with E-state index in [1.54, 1.807) is 11.1 Å². The number of carbonyl (C=O) groups excluding carboxylic acids is 3. The molecule has 12 nitrogen and oxygen atoms in total. The number of urea groups is 1. The van der Waals surface area contributed by atoms with Crippen molar-refractivity contribution in [2.75, 3.05) is 64.2 Å². The van der Waals surface area contributed by atoms with Gasteiger partial charge in [-0.2, -0.15) is 5.10 Å². The second kappa shape index (κ2) is 14.5. The molecule has 4 amide bonds. The molecular weight excluding hydrogens is 608 g/mol. The highest BCUT2D eigenvalue weighted by molar-refractivity contribution is 5.91. The van der Waals surface area contributed by atoms with Gasteiger partial charge in [-0.1, -0.05) is 24.3 Å². The highest BCUT2D eigenvalue weighted by Gasteiger charge is 2.36. The van der Waals surface area contributed by atoms with E-state index in [0.29, 0.717) is 58.0 Å². The molecule has 0 bridgehead atoms. The number of aromatic amines is 1. The first-order valence-electron chi connectivity index (χ1n) is 17.7. The lowest BCUT2D eigenvalue weighted by Crippen LogP contribution is -2.52. The van der Waals surface area contributed by atoms with Gasteiger partial charge in [0.15, 0.2) is 6.10 Å². The van der Waals surface area contributed by atoms with Gasteiger partial charge >= 0.3 is 12.1 Å². The van der Waals surface area contributed by atoms with Gasteiger partial charge in [0.1, 0.15) is 0 Å². The molecule has 4 aliphatic heterocycles. The average Bonchev–Trinajstić information content (AvgIpc) is 3.32. The summed E-state index contributed by atoms with van der Waals surface area (Å²) >= 11 is 0. The van der Waals surface area contributed by atoms with Crippen molar-refractivity contribution >= 4 is 34.6 Å². The van der Waals surface area contributed by atoms with Crippen LogP contribution in [0.15, 0.2) is 42.6 Å². The molecule has 48 heavy (non-hydrogen) atoms. The number of hydrogen-bond acceptors (Lipinski definition) is 7. The lowest BCUT2D eigenvalue weighted by Gasteiger charge is -2.40. The Morgan fingerprint density at radius 3 is 2.54 bits per heavy atom. The third-order valence-electron chi connectivity index (χ3n) is 10.7. The van der Waals surface area contributed by atoms with Crippen LogP contribution in [0.3, 0.4) is 0 Å². The van der Waals surface area contributed by atoms with Crippen LogP contribution in [0.5, 0.6) is 0 Å². The fourth-order valence-electron chi connectivity index (χ4n) is 8.00. The summed E-state index contributed by atoms with van der Waals surface area (Å²) in [4.78, 5) is 49.0. The minimum absolute atomic E-state index is 0.0340. The first-order valence-corrected chi connectivity index (χ1v) is 17.7. The number of aromatic nitrogens is 2. The average molecular weight is 657 g/mol. The predicted octanol–water partition coefficient (Wildman–Crippen LogP) is 3.76. The summed E-state index contributed by atoms with van der Waals surface area (Å²) in [6, 6.07) is 12.4. The topological polar surface area (TPSA) is 126 Å². The Labute approximate surface area is 282 Å². The van der Waals surface area contributed by atoms with Crippen molar-refractivity contribution in [2.24, 2.45) is 0 Å². The standard InChI is InChI=1S/C36H48N8O4/c1-25-21-26(22-28-24-38-40-33(25)28)23-32(34(45)42-15-8-29(9-16-42)41-14-4-12-37-13-20-41)48-36(47)43-17-10-30(11-18-43)44-19-7-27-5-2-3-6-31(27)39-35(44)46/h2-3,5-6,21-22,24,29-30,32,37H,4,7-20,23H2,1H3,(H,38,40)(H,39,46)/t32-/m1/s1. The summed E-state index contributed by atoms with van der Waals surface area (Å²) in [7, 11) is 0. The second-order valence-electron chi connectivity index (χ2n) is 13.8. The molecule has 12 heteroatoms. The number of anilines is 1. The number of amides is 4. The molecule has 3 aromatic rings. The maximum absolute atomic E-state index is 14.1. The number of rotatable bonds is 6. The van der Waals surface area contributed by atoms with Crippen LogP contribution >= 0.6 is 0 Å². The number of ether oxygens (including phenoxy) is 1. The molecule has 1 aromatic heterocycles. The SMILES string of the molecule is Cc1cc(C[C@@H](OC(=O)N2CCC(N3CCc4ccccc4NC3=O)CC2)C(=O)N2CCC(N3CCCNCC3)CC2)cc2cn[nH]c12. The van der Waals surface area contributed by atoms with Crippen LogP contribution in [0.2, 0.25) is 0 Å². The van der Waals surface area contributed by atoms with Crippen LogP contribution in [0.4, 0.5) is 15.3 Å². The fourth-order valence-corrected chi connectivity index (χ4v) is 8.00. The minimum atomic E-state index is -0.923. The van der Waals surface area contributed by atoms with Crippen molar-refractivity contribution in [3.05, 3.63) is 59.3 Å². The van der Waals surface area contributed by atoms with Crippen LogP contribution in [-0.2, 0) is 22.4 Å². The minimum Gasteiger partial charge on any atom is -0.436 e. The number of aryl methyl sites for hydroxylation is 1. The fraction of sp³-hybridized carbons (Fsp3) is 0.556. The van der Waals surface area contributed by atoms with Crippen molar-refractivity contribution in [2.45, 2.75) is 70.1 Å². The zero-order valence-corrected chi connectivity index (χ0v) is 28.0. The van der Waals surface area contributed by atoms with E-state index in [2.05, 4.69) is 31.8 Å². The molecule has 0 saturated carbocycles.